The van der Waals surface area contributed by atoms with Crippen molar-refractivity contribution in [2.24, 2.45) is 4.99 Å². The predicted octanol–water partition coefficient (Wildman–Crippen LogP) is 1.13. The number of halogens is 1. The average molecular weight is 561 g/mol. The number of amides is 1. The van der Waals surface area contributed by atoms with Gasteiger partial charge in [0, 0.05) is 46.3 Å². The summed E-state index contributed by atoms with van der Waals surface area (Å²) in [5.74, 6) is 2.68. The van der Waals surface area contributed by atoms with E-state index in [9.17, 15) is 4.79 Å². The molecule has 0 spiro atoms. The first-order chi connectivity index (χ1) is 15.1. The fraction of sp³-hybridized carbons (Fsp3) is 0.636. The number of guanidine groups is 1. The van der Waals surface area contributed by atoms with Gasteiger partial charge in [-0.3, -0.25) is 14.7 Å². The highest BCUT2D eigenvalue weighted by Gasteiger charge is 2.24. The Morgan fingerprint density at radius 1 is 1.06 bits per heavy atom. The number of nitrogens with zero attached hydrogens (tertiary/aromatic N) is 4. The molecule has 1 atom stereocenters. The molecule has 2 heterocycles. The average Bonchev–Trinajstić information content (AvgIpc) is 2.81. The number of nitrogens with one attached hydrogen (secondary N) is 1. The lowest BCUT2D eigenvalue weighted by atomic mass is 10.3. The molecule has 0 saturated carbocycles. The van der Waals surface area contributed by atoms with E-state index in [1.807, 2.05) is 36.1 Å². The number of piperazine rings is 1. The van der Waals surface area contributed by atoms with Crippen molar-refractivity contribution in [1.82, 2.24) is 20.0 Å². The number of hydrogen-bond donors (Lipinski definition) is 1. The third kappa shape index (κ3) is 7.96. The molecule has 0 aliphatic carbocycles. The molecular formula is C22H36IN5O4. The Morgan fingerprint density at radius 3 is 2.28 bits per heavy atom. The normalized spacial score (nSPS) is 18.5. The van der Waals surface area contributed by atoms with E-state index in [4.69, 9.17) is 14.2 Å². The third-order valence-electron chi connectivity index (χ3n) is 5.55. The van der Waals surface area contributed by atoms with E-state index in [1.54, 1.807) is 14.2 Å². The number of hydrogen-bond acceptors (Lipinski definition) is 6. The van der Waals surface area contributed by atoms with E-state index < -0.39 is 0 Å². The molecule has 32 heavy (non-hydrogen) atoms. The monoisotopic (exact) mass is 561 g/mol. The van der Waals surface area contributed by atoms with Crippen molar-refractivity contribution < 1.29 is 19.0 Å². The summed E-state index contributed by atoms with van der Waals surface area (Å²) in [6, 6.07) is 7.58. The highest BCUT2D eigenvalue weighted by molar-refractivity contribution is 14.0. The largest absolute Gasteiger partial charge is 0.497 e. The molecule has 2 aliphatic heterocycles. The van der Waals surface area contributed by atoms with Crippen LogP contribution in [0.25, 0.3) is 0 Å². The lowest BCUT2D eigenvalue weighted by Crippen LogP contribution is -2.55. The van der Waals surface area contributed by atoms with Crippen LogP contribution in [0.4, 0.5) is 0 Å². The van der Waals surface area contributed by atoms with Crippen LogP contribution in [0, 0.1) is 0 Å². The summed E-state index contributed by atoms with van der Waals surface area (Å²) in [6.45, 7) is 9.19. The van der Waals surface area contributed by atoms with Gasteiger partial charge in [0.15, 0.2) is 5.96 Å². The molecule has 9 nitrogen and oxygen atoms in total. The van der Waals surface area contributed by atoms with Crippen molar-refractivity contribution >= 4 is 35.8 Å². The lowest BCUT2D eigenvalue weighted by Gasteiger charge is -2.37. The number of aliphatic imine (C=N–C) groups is 1. The first-order valence-electron chi connectivity index (χ1n) is 10.9. The van der Waals surface area contributed by atoms with Crippen LogP contribution in [0.5, 0.6) is 11.5 Å². The fourth-order valence-corrected chi connectivity index (χ4v) is 3.72. The van der Waals surface area contributed by atoms with Gasteiger partial charge < -0.3 is 29.3 Å². The van der Waals surface area contributed by atoms with E-state index in [2.05, 4.69) is 20.1 Å². The van der Waals surface area contributed by atoms with E-state index in [1.165, 1.54) is 0 Å². The van der Waals surface area contributed by atoms with Crippen LogP contribution in [0.2, 0.25) is 0 Å². The Morgan fingerprint density at radius 2 is 1.69 bits per heavy atom. The van der Waals surface area contributed by atoms with Crippen molar-refractivity contribution in [3.8, 4) is 11.5 Å². The smallest absolute Gasteiger partial charge is 0.236 e. The molecule has 1 aromatic carbocycles. The maximum atomic E-state index is 12.5. The van der Waals surface area contributed by atoms with Gasteiger partial charge in [-0.25, -0.2) is 0 Å². The Bertz CT molecular complexity index is 720. The van der Waals surface area contributed by atoms with Crippen LogP contribution in [-0.2, 0) is 9.53 Å². The first-order valence-corrected chi connectivity index (χ1v) is 10.9. The van der Waals surface area contributed by atoms with Gasteiger partial charge in [0.25, 0.3) is 0 Å². The second-order valence-electron chi connectivity index (χ2n) is 7.79. The van der Waals surface area contributed by atoms with Gasteiger partial charge in [-0.2, -0.15) is 0 Å². The van der Waals surface area contributed by atoms with E-state index in [0.717, 1.165) is 43.6 Å². The summed E-state index contributed by atoms with van der Waals surface area (Å²) in [5.41, 5.74) is 0. The van der Waals surface area contributed by atoms with E-state index >= 15 is 0 Å². The van der Waals surface area contributed by atoms with Crippen LogP contribution >= 0.6 is 24.0 Å². The molecule has 1 amide bonds. The predicted molar refractivity (Wildman–Crippen MR) is 135 cm³/mol. The van der Waals surface area contributed by atoms with Crippen LogP contribution in [0.1, 0.15) is 6.92 Å². The highest BCUT2D eigenvalue weighted by atomic mass is 127. The number of morpholine rings is 1. The minimum Gasteiger partial charge on any atom is -0.497 e. The molecule has 1 N–H and O–H groups in total. The molecular weight excluding hydrogens is 525 g/mol. The minimum absolute atomic E-state index is 0. The van der Waals surface area contributed by atoms with Gasteiger partial charge in [-0.15, -0.1) is 24.0 Å². The molecule has 180 valence electrons. The lowest BCUT2D eigenvalue weighted by molar-refractivity contribution is -0.136. The SMILES string of the molecule is CN=C(NCC(C)Oc1ccc(OC)cc1)N1CCN(CC(=O)N2CCOCC2)CC1.I. The fourth-order valence-electron chi connectivity index (χ4n) is 3.72. The molecule has 2 aliphatic rings. The van der Waals surface area contributed by atoms with Gasteiger partial charge in [-0.1, -0.05) is 0 Å². The molecule has 1 unspecified atom stereocenters. The Labute approximate surface area is 208 Å². The summed E-state index contributed by atoms with van der Waals surface area (Å²) in [7, 11) is 3.45. The summed E-state index contributed by atoms with van der Waals surface area (Å²) in [4.78, 5) is 23.2. The maximum absolute atomic E-state index is 12.5. The number of ether oxygens (including phenoxy) is 3. The standard InChI is InChI=1S/C22H35N5O4.HI/c1-18(31-20-6-4-19(29-3)5-7-20)16-24-22(23-2)27-10-8-25(9-11-27)17-21(28)26-12-14-30-15-13-26;/h4-7,18H,8-17H2,1-3H3,(H,23,24);1H. The van der Waals surface area contributed by atoms with Gasteiger partial charge in [0.05, 0.1) is 33.4 Å². The number of carbonyl (C=O) groups is 1. The molecule has 0 radical (unpaired) electrons. The Balaban J connectivity index is 0.00000363. The zero-order valence-electron chi connectivity index (χ0n) is 19.3. The number of rotatable bonds is 7. The topological polar surface area (TPSA) is 78.9 Å². The molecule has 10 heteroatoms. The molecule has 1 aromatic rings. The van der Waals surface area contributed by atoms with Crippen LogP contribution in [0.3, 0.4) is 0 Å². The zero-order chi connectivity index (χ0) is 22.1. The number of carbonyl (C=O) groups excluding carboxylic acids is 1. The maximum Gasteiger partial charge on any atom is 0.236 e. The summed E-state index contributed by atoms with van der Waals surface area (Å²) in [5, 5.41) is 3.41. The molecule has 2 fully saturated rings. The van der Waals surface area contributed by atoms with Crippen molar-refractivity contribution in [3.63, 3.8) is 0 Å². The summed E-state index contributed by atoms with van der Waals surface area (Å²) < 4.78 is 16.5. The Hall–Kier alpha value is -1.79. The van der Waals surface area contributed by atoms with Crippen molar-refractivity contribution in [2.45, 2.75) is 13.0 Å². The zero-order valence-corrected chi connectivity index (χ0v) is 21.6. The minimum atomic E-state index is -0.0161. The Kier molecular flexibility index (Phi) is 11.3. The molecule has 2 saturated heterocycles. The molecule has 0 aromatic heterocycles. The quantitative estimate of drug-likeness (QED) is 0.304. The van der Waals surface area contributed by atoms with Gasteiger partial charge in [0.2, 0.25) is 5.91 Å². The van der Waals surface area contributed by atoms with Crippen LogP contribution in [0.15, 0.2) is 29.3 Å². The van der Waals surface area contributed by atoms with E-state index in [0.29, 0.717) is 39.4 Å². The summed E-state index contributed by atoms with van der Waals surface area (Å²) in [6.07, 6.45) is -0.0161. The second-order valence-corrected chi connectivity index (χ2v) is 7.79. The van der Waals surface area contributed by atoms with Crippen molar-refractivity contribution in [3.05, 3.63) is 24.3 Å². The van der Waals surface area contributed by atoms with E-state index in [-0.39, 0.29) is 36.0 Å². The van der Waals surface area contributed by atoms with Crippen LogP contribution < -0.4 is 14.8 Å². The molecule has 3 rings (SSSR count). The van der Waals surface area contributed by atoms with Crippen molar-refractivity contribution in [1.29, 1.82) is 0 Å². The van der Waals surface area contributed by atoms with Crippen molar-refractivity contribution in [2.75, 3.05) is 79.7 Å². The van der Waals surface area contributed by atoms with Gasteiger partial charge >= 0.3 is 0 Å². The number of methoxy groups -OCH3 is 1. The third-order valence-corrected chi connectivity index (χ3v) is 5.55. The number of benzene rings is 1. The van der Waals surface area contributed by atoms with Gasteiger partial charge in [0.1, 0.15) is 17.6 Å². The highest BCUT2D eigenvalue weighted by Crippen LogP contribution is 2.18. The molecule has 0 bridgehead atoms. The van der Waals surface area contributed by atoms with Crippen LogP contribution in [-0.4, -0.2) is 112 Å². The first kappa shape index (κ1) is 26.5. The second kappa shape index (κ2) is 13.7. The summed E-state index contributed by atoms with van der Waals surface area (Å²) >= 11 is 0. The van der Waals surface area contributed by atoms with Gasteiger partial charge in [-0.05, 0) is 31.2 Å².